The van der Waals surface area contributed by atoms with Crippen molar-refractivity contribution in [3.63, 3.8) is 0 Å². The van der Waals surface area contributed by atoms with E-state index in [1.54, 1.807) is 50.4 Å². The first kappa shape index (κ1) is 23.1. The smallest absolute Gasteiger partial charge is 0.336 e. The van der Waals surface area contributed by atoms with Crippen LogP contribution in [0.25, 0.3) is 5.57 Å². The maximum absolute atomic E-state index is 13.8. The zero-order valence-corrected chi connectivity index (χ0v) is 19.5. The summed E-state index contributed by atoms with van der Waals surface area (Å²) in [4.78, 5) is 25.8. The van der Waals surface area contributed by atoms with Gasteiger partial charge in [-0.05, 0) is 61.6 Å². The van der Waals surface area contributed by atoms with Crippen molar-refractivity contribution in [1.29, 1.82) is 0 Å². The molecule has 32 heavy (non-hydrogen) atoms. The van der Waals surface area contributed by atoms with Crippen LogP contribution in [0.3, 0.4) is 0 Å². The molecule has 2 aromatic carbocycles. The van der Waals surface area contributed by atoms with Crippen LogP contribution in [0.2, 0.25) is 0 Å². The molecule has 0 aliphatic heterocycles. The third-order valence-electron chi connectivity index (χ3n) is 6.50. The fourth-order valence-electron chi connectivity index (χ4n) is 4.53. The molecule has 0 saturated heterocycles. The third kappa shape index (κ3) is 3.36. The van der Waals surface area contributed by atoms with E-state index < -0.39 is 11.4 Å². The van der Waals surface area contributed by atoms with Gasteiger partial charge in [-0.15, -0.1) is 0 Å². The molecule has 0 spiro atoms. The van der Waals surface area contributed by atoms with E-state index in [9.17, 15) is 14.7 Å². The van der Waals surface area contributed by atoms with Crippen molar-refractivity contribution in [3.8, 4) is 17.2 Å². The summed E-state index contributed by atoms with van der Waals surface area (Å²) in [7, 11) is 4.60. The number of carboxylic acids is 1. The predicted octanol–water partition coefficient (Wildman–Crippen LogP) is 5.06. The molecule has 3 rings (SSSR count). The summed E-state index contributed by atoms with van der Waals surface area (Å²) in [6.45, 7) is 7.32. The molecule has 1 atom stereocenters. The van der Waals surface area contributed by atoms with Crippen LogP contribution >= 0.6 is 0 Å². The van der Waals surface area contributed by atoms with Gasteiger partial charge in [-0.2, -0.15) is 0 Å². The number of carbonyl (C=O) groups is 2. The molecule has 0 fully saturated rings. The van der Waals surface area contributed by atoms with Crippen molar-refractivity contribution >= 4 is 17.3 Å². The van der Waals surface area contributed by atoms with Crippen molar-refractivity contribution < 1.29 is 28.9 Å². The van der Waals surface area contributed by atoms with E-state index in [4.69, 9.17) is 14.2 Å². The molecule has 6 nitrogen and oxygen atoms in total. The van der Waals surface area contributed by atoms with Crippen molar-refractivity contribution in [2.24, 2.45) is 0 Å². The van der Waals surface area contributed by atoms with Crippen LogP contribution in [0.4, 0.5) is 0 Å². The molecular formula is C26H28O6. The minimum absolute atomic E-state index is 0.0918. The second-order valence-electron chi connectivity index (χ2n) is 7.96. The molecule has 168 valence electrons. The number of aromatic carboxylic acids is 1. The number of ketones is 1. The maximum atomic E-state index is 13.8. The molecule has 0 aromatic heterocycles. The first-order valence-corrected chi connectivity index (χ1v) is 10.2. The lowest BCUT2D eigenvalue weighted by atomic mass is 9.63. The first-order chi connectivity index (χ1) is 15.1. The SMILES string of the molecule is COc1cc(OC)c(C2(C)C(=O)C(C)=C(C)C(c3ccccc3C(=O)O)=C2C)c(OC)c1. The Bertz CT molecular complexity index is 1150. The number of rotatable bonds is 6. The number of hydrogen-bond acceptors (Lipinski definition) is 5. The number of carboxylic acid groups (broad SMARTS) is 1. The number of ether oxygens (including phenoxy) is 3. The lowest BCUT2D eigenvalue weighted by Crippen LogP contribution is -2.39. The van der Waals surface area contributed by atoms with Crippen LogP contribution < -0.4 is 14.2 Å². The van der Waals surface area contributed by atoms with Crippen molar-refractivity contribution in [2.45, 2.75) is 33.1 Å². The molecular weight excluding hydrogens is 408 g/mol. The number of benzene rings is 2. The summed E-state index contributed by atoms with van der Waals surface area (Å²) in [5, 5.41) is 9.80. The Morgan fingerprint density at radius 3 is 1.97 bits per heavy atom. The van der Waals surface area contributed by atoms with Gasteiger partial charge in [0.25, 0.3) is 0 Å². The number of Topliss-reactive ketones (excluding diaryl/α,β-unsaturated/α-hetero) is 1. The lowest BCUT2D eigenvalue weighted by molar-refractivity contribution is -0.119. The van der Waals surface area contributed by atoms with Gasteiger partial charge in [0.05, 0.1) is 37.9 Å². The quantitative estimate of drug-likeness (QED) is 0.682. The lowest BCUT2D eigenvalue weighted by Gasteiger charge is -2.38. The highest BCUT2D eigenvalue weighted by atomic mass is 16.5. The normalized spacial score (nSPS) is 18.7. The van der Waals surface area contributed by atoms with Gasteiger partial charge in [0.2, 0.25) is 0 Å². The number of hydrogen-bond donors (Lipinski definition) is 1. The van der Waals surface area contributed by atoms with Gasteiger partial charge in [-0.25, -0.2) is 4.79 Å². The summed E-state index contributed by atoms with van der Waals surface area (Å²) in [6.07, 6.45) is 0. The van der Waals surface area contributed by atoms with E-state index in [0.717, 1.165) is 16.7 Å². The monoisotopic (exact) mass is 436 g/mol. The van der Waals surface area contributed by atoms with E-state index in [1.165, 1.54) is 14.2 Å². The van der Waals surface area contributed by atoms with Crippen molar-refractivity contribution in [1.82, 2.24) is 0 Å². The molecule has 1 N–H and O–H groups in total. The number of methoxy groups -OCH3 is 3. The molecule has 0 radical (unpaired) electrons. The van der Waals surface area contributed by atoms with E-state index in [-0.39, 0.29) is 11.3 Å². The largest absolute Gasteiger partial charge is 0.496 e. The van der Waals surface area contributed by atoms with Gasteiger partial charge in [0, 0.05) is 12.1 Å². The van der Waals surface area contributed by atoms with Gasteiger partial charge in [-0.3, -0.25) is 4.79 Å². The highest BCUT2D eigenvalue weighted by Crippen LogP contribution is 2.52. The molecule has 0 amide bonds. The average Bonchev–Trinajstić information content (AvgIpc) is 2.80. The zero-order chi connectivity index (χ0) is 23.8. The van der Waals surface area contributed by atoms with E-state index in [0.29, 0.717) is 33.9 Å². The van der Waals surface area contributed by atoms with Crippen LogP contribution in [0.1, 0.15) is 49.2 Å². The molecule has 6 heteroatoms. The number of carbonyl (C=O) groups excluding carboxylic acids is 1. The molecule has 1 unspecified atom stereocenters. The fraction of sp³-hybridized carbons (Fsp3) is 0.308. The average molecular weight is 437 g/mol. The minimum atomic E-state index is -1.15. The molecule has 0 heterocycles. The molecule has 0 saturated carbocycles. The second-order valence-corrected chi connectivity index (χ2v) is 7.96. The topological polar surface area (TPSA) is 82.1 Å². The summed E-state index contributed by atoms with van der Waals surface area (Å²) < 4.78 is 16.7. The molecule has 2 aromatic rings. The fourth-order valence-corrected chi connectivity index (χ4v) is 4.53. The van der Waals surface area contributed by atoms with Gasteiger partial charge >= 0.3 is 5.97 Å². The van der Waals surface area contributed by atoms with Crippen LogP contribution in [0.5, 0.6) is 17.2 Å². The standard InChI is InChI=1S/C26H28O6/c1-14-15(2)24(27)26(4,23-20(31-6)12-17(30-5)13-21(23)32-7)16(3)22(14)18-10-8-9-11-19(18)25(28)29/h8-13H,1-7H3,(H,28,29). The molecule has 0 bridgehead atoms. The van der Waals surface area contributed by atoms with Crippen molar-refractivity contribution in [3.05, 3.63) is 69.8 Å². The van der Waals surface area contributed by atoms with Gasteiger partial charge < -0.3 is 19.3 Å². The first-order valence-electron chi connectivity index (χ1n) is 10.2. The van der Waals surface area contributed by atoms with Crippen LogP contribution in [-0.4, -0.2) is 38.2 Å². The molecule has 1 aliphatic carbocycles. The highest BCUT2D eigenvalue weighted by Gasteiger charge is 2.47. The summed E-state index contributed by atoms with van der Waals surface area (Å²) >= 11 is 0. The van der Waals surface area contributed by atoms with Gasteiger partial charge in [0.15, 0.2) is 5.78 Å². The Balaban J connectivity index is 2.45. The predicted molar refractivity (Wildman–Crippen MR) is 123 cm³/mol. The molecule has 1 aliphatic rings. The Morgan fingerprint density at radius 2 is 1.47 bits per heavy atom. The highest BCUT2D eigenvalue weighted by molar-refractivity contribution is 6.14. The maximum Gasteiger partial charge on any atom is 0.336 e. The van der Waals surface area contributed by atoms with E-state index >= 15 is 0 Å². The third-order valence-corrected chi connectivity index (χ3v) is 6.50. The van der Waals surface area contributed by atoms with Crippen LogP contribution in [-0.2, 0) is 10.2 Å². The second kappa shape index (κ2) is 8.54. The van der Waals surface area contributed by atoms with Gasteiger partial charge in [0.1, 0.15) is 17.2 Å². The number of allylic oxidation sites excluding steroid dienone is 4. The Hall–Kier alpha value is -3.54. The van der Waals surface area contributed by atoms with Crippen LogP contribution in [0.15, 0.2) is 53.1 Å². The summed E-state index contributed by atoms with van der Waals surface area (Å²) in [5.41, 5.74) is 2.96. The van der Waals surface area contributed by atoms with Gasteiger partial charge in [-0.1, -0.05) is 18.2 Å². The summed E-state index contributed by atoms with van der Waals surface area (Å²) in [6, 6.07) is 10.3. The van der Waals surface area contributed by atoms with Crippen molar-refractivity contribution in [2.75, 3.05) is 21.3 Å². The Labute approximate surface area is 188 Å². The zero-order valence-electron chi connectivity index (χ0n) is 19.5. The van der Waals surface area contributed by atoms with E-state index in [1.807, 2.05) is 20.8 Å². The minimum Gasteiger partial charge on any atom is -0.496 e. The Kier molecular flexibility index (Phi) is 6.17. The Morgan fingerprint density at radius 1 is 0.906 bits per heavy atom. The van der Waals surface area contributed by atoms with E-state index in [2.05, 4.69) is 0 Å². The van der Waals surface area contributed by atoms with Crippen LogP contribution in [0, 0.1) is 0 Å². The summed E-state index contributed by atoms with van der Waals surface area (Å²) in [5.74, 6) is 0.329.